The van der Waals surface area contributed by atoms with Crippen LogP contribution in [0.25, 0.3) is 22.3 Å². The Balaban J connectivity index is 0.000000147. The molecule has 2 N–H and O–H groups in total. The van der Waals surface area contributed by atoms with Crippen molar-refractivity contribution < 1.29 is 20.4 Å². The molecule has 21 heavy (non-hydrogen) atoms. The number of fused-ring (bicyclic) bond motifs is 2. The van der Waals surface area contributed by atoms with Crippen LogP contribution in [0.5, 0.6) is 0 Å². The van der Waals surface area contributed by atoms with Gasteiger partial charge < -0.3 is 35.2 Å². The van der Waals surface area contributed by atoms with E-state index >= 15 is 0 Å². The van der Waals surface area contributed by atoms with E-state index in [1.165, 1.54) is 12.7 Å². The topological polar surface area (TPSA) is 109 Å². The predicted molar refractivity (Wildman–Crippen MR) is 74.6 cm³/mol. The molecule has 0 fully saturated rings. The van der Waals surface area contributed by atoms with Crippen molar-refractivity contribution in [1.29, 1.82) is 0 Å². The van der Waals surface area contributed by atoms with E-state index in [1.807, 2.05) is 0 Å². The van der Waals surface area contributed by atoms with E-state index in [-0.39, 0.29) is 20.4 Å². The fraction of sp³-hybridized carbons (Fsp3) is 0. The fourth-order valence-electron chi connectivity index (χ4n) is 1.49. The van der Waals surface area contributed by atoms with Crippen molar-refractivity contribution in [3.05, 3.63) is 25.3 Å². The van der Waals surface area contributed by atoms with Crippen LogP contribution in [-0.2, 0) is 45.7 Å². The summed E-state index contributed by atoms with van der Waals surface area (Å²) in [6.07, 6.45) is 5.92. The van der Waals surface area contributed by atoms with E-state index in [4.69, 9.17) is 25.3 Å². The quantitative estimate of drug-likeness (QED) is 0.246. The van der Waals surface area contributed by atoms with Crippen LogP contribution in [0, 0.1) is 0 Å². The molecule has 0 aliphatic carbocycles. The number of H-pyrrole nitrogens is 2. The number of aromatic nitrogens is 8. The second kappa shape index (κ2) is 6.77. The summed E-state index contributed by atoms with van der Waals surface area (Å²) in [7, 11) is 0. The maximum atomic E-state index is 4.89. The Morgan fingerprint density at radius 2 is 1.10 bits per heavy atom. The van der Waals surface area contributed by atoms with Crippen LogP contribution in [-0.4, -0.2) is 39.9 Å². The van der Waals surface area contributed by atoms with Gasteiger partial charge in [-0.2, -0.15) is 0 Å². The van der Waals surface area contributed by atoms with E-state index < -0.39 is 0 Å². The van der Waals surface area contributed by atoms with Crippen molar-refractivity contribution in [2.45, 2.75) is 10.1 Å². The summed E-state index contributed by atoms with van der Waals surface area (Å²) in [4.78, 5) is 28.9. The minimum absolute atomic E-state index is 0. The number of rotatable bonds is 0. The second-order valence-corrected chi connectivity index (χ2v) is 4.33. The molecule has 0 amide bonds. The van der Waals surface area contributed by atoms with Crippen molar-refractivity contribution >= 4 is 47.6 Å². The molecule has 11 heteroatoms. The van der Waals surface area contributed by atoms with Gasteiger partial charge in [-0.3, -0.25) is 9.97 Å². The summed E-state index contributed by atoms with van der Waals surface area (Å²) >= 11 is 9.77. The Morgan fingerprint density at radius 1 is 0.667 bits per heavy atom. The van der Waals surface area contributed by atoms with Crippen LogP contribution >= 0.6 is 0 Å². The zero-order valence-corrected chi connectivity index (χ0v) is 13.3. The van der Waals surface area contributed by atoms with E-state index in [2.05, 4.69) is 39.9 Å². The first-order valence-corrected chi connectivity index (χ1v) is 6.19. The van der Waals surface area contributed by atoms with Gasteiger partial charge in [0, 0.05) is 0 Å². The zero-order valence-electron chi connectivity index (χ0n) is 10.1. The third-order valence-electron chi connectivity index (χ3n) is 2.38. The molecule has 0 saturated heterocycles. The van der Waals surface area contributed by atoms with Crippen molar-refractivity contribution in [1.82, 2.24) is 39.9 Å². The molecule has 4 rings (SSSR count). The van der Waals surface area contributed by atoms with Crippen LogP contribution in [0.15, 0.2) is 35.4 Å². The molecule has 0 aliphatic heterocycles. The molecule has 4 aromatic rings. The van der Waals surface area contributed by atoms with E-state index in [0.29, 0.717) is 21.3 Å². The first-order chi connectivity index (χ1) is 9.75. The minimum Gasteiger partial charge on any atom is -0.758 e. The van der Waals surface area contributed by atoms with Gasteiger partial charge >= 0.3 is 20.4 Å². The smallest absolute Gasteiger partial charge is 0.758 e. The summed E-state index contributed by atoms with van der Waals surface area (Å²) < 4.78 is 0. The molecule has 4 aromatic heterocycles. The average Bonchev–Trinajstić information content (AvgIpc) is 3.08. The molecule has 0 bridgehead atoms. The number of nitrogens with one attached hydrogen (secondary N) is 2. The van der Waals surface area contributed by atoms with E-state index in [9.17, 15) is 0 Å². The Morgan fingerprint density at radius 3 is 1.48 bits per heavy atom. The van der Waals surface area contributed by atoms with E-state index in [0.717, 1.165) is 11.0 Å². The summed E-state index contributed by atoms with van der Waals surface area (Å²) in [6.45, 7) is 0. The standard InChI is InChI=1S/2C5H4N4S.Pd/c2*10-5-3-4(7-1-6-3)8-2-9-5;/h2*1-2H,(H2,6,7,8,9,10);/q;;+2/p-2. The van der Waals surface area contributed by atoms with Gasteiger partial charge in [0.25, 0.3) is 0 Å². The molecule has 8 nitrogen and oxygen atoms in total. The monoisotopic (exact) mass is 408 g/mol. The van der Waals surface area contributed by atoms with Crippen molar-refractivity contribution in [2.75, 3.05) is 0 Å². The van der Waals surface area contributed by atoms with Gasteiger partial charge in [-0.25, -0.2) is 19.9 Å². The Bertz CT molecular complexity index is 788. The van der Waals surface area contributed by atoms with Crippen molar-refractivity contribution in [3.8, 4) is 0 Å². The van der Waals surface area contributed by atoms with Crippen LogP contribution in [0.3, 0.4) is 0 Å². The predicted octanol–water partition coefficient (Wildman–Crippen LogP) is 0.515. The van der Waals surface area contributed by atoms with Crippen LogP contribution in [0.1, 0.15) is 0 Å². The second-order valence-electron chi connectivity index (χ2n) is 3.56. The van der Waals surface area contributed by atoms with Crippen molar-refractivity contribution in [2.24, 2.45) is 0 Å². The van der Waals surface area contributed by atoms with E-state index in [1.54, 1.807) is 12.7 Å². The van der Waals surface area contributed by atoms with Gasteiger partial charge in [-0.1, -0.05) is 10.1 Å². The van der Waals surface area contributed by atoms with Gasteiger partial charge in [0.05, 0.1) is 23.7 Å². The zero-order chi connectivity index (χ0) is 13.9. The number of imidazole rings is 2. The molecular weight excluding hydrogens is 403 g/mol. The molecule has 0 saturated carbocycles. The van der Waals surface area contributed by atoms with Gasteiger partial charge in [-0.05, 0) is 0 Å². The largest absolute Gasteiger partial charge is 2.00 e. The molecule has 108 valence electrons. The first kappa shape index (κ1) is 15.6. The van der Waals surface area contributed by atoms with Gasteiger partial charge in [0.1, 0.15) is 12.7 Å². The van der Waals surface area contributed by atoms with Crippen LogP contribution < -0.4 is 0 Å². The molecule has 0 unspecified atom stereocenters. The van der Waals surface area contributed by atoms with Crippen LogP contribution in [0.2, 0.25) is 0 Å². The summed E-state index contributed by atoms with van der Waals surface area (Å²) in [5.41, 5.74) is 2.72. The number of hydrogen-bond acceptors (Lipinski definition) is 8. The third-order valence-corrected chi connectivity index (χ3v) is 3.00. The molecule has 0 aromatic carbocycles. The molecule has 0 atom stereocenters. The summed E-state index contributed by atoms with van der Waals surface area (Å²) in [6, 6.07) is 0. The number of nitrogens with zero attached hydrogens (tertiary/aromatic N) is 6. The molecule has 0 spiro atoms. The number of aromatic amines is 2. The van der Waals surface area contributed by atoms with Crippen LogP contribution in [0.4, 0.5) is 0 Å². The average molecular weight is 409 g/mol. The Labute approximate surface area is 143 Å². The van der Waals surface area contributed by atoms with Crippen molar-refractivity contribution in [3.63, 3.8) is 0 Å². The molecular formula is C10H6N8PdS2. The fourth-order valence-corrected chi connectivity index (χ4v) is 1.88. The SMILES string of the molecule is [Pd+2].[S-]c1ncnc2nc[nH]c12.[S-]c1ncnc2nc[nH]c12. The van der Waals surface area contributed by atoms with Gasteiger partial charge in [0.15, 0.2) is 11.3 Å². The molecule has 4 heterocycles. The molecule has 0 radical (unpaired) electrons. The molecule has 0 aliphatic rings. The third kappa shape index (κ3) is 3.27. The Kier molecular flexibility index (Phi) is 5.03. The normalized spacial score (nSPS) is 9.90. The Hall–Kier alpha value is -1.80. The maximum Gasteiger partial charge on any atom is 2.00 e. The minimum atomic E-state index is 0. The summed E-state index contributed by atoms with van der Waals surface area (Å²) in [5.74, 6) is 0. The summed E-state index contributed by atoms with van der Waals surface area (Å²) in [5, 5.41) is 1.03. The van der Waals surface area contributed by atoms with Gasteiger partial charge in [-0.15, -0.1) is 0 Å². The number of hydrogen-bond donors (Lipinski definition) is 2. The van der Waals surface area contributed by atoms with Gasteiger partial charge in [0.2, 0.25) is 0 Å². The maximum absolute atomic E-state index is 4.89. The first-order valence-electron chi connectivity index (χ1n) is 5.38.